The van der Waals surface area contributed by atoms with Gasteiger partial charge in [-0.25, -0.2) is 0 Å². The normalized spacial score (nSPS) is 10.5. The van der Waals surface area contributed by atoms with Gasteiger partial charge in [-0.05, 0) is 31.2 Å². The number of aromatic nitrogens is 2. The summed E-state index contributed by atoms with van der Waals surface area (Å²) in [5, 5.41) is 7.89. The second kappa shape index (κ2) is 6.08. The average Bonchev–Trinajstić information content (AvgIpc) is 2.84. The van der Waals surface area contributed by atoms with Gasteiger partial charge in [0.25, 0.3) is 5.91 Å². The Morgan fingerprint density at radius 3 is 2.79 bits per heavy atom. The van der Waals surface area contributed by atoms with Crippen LogP contribution in [0.15, 0.2) is 30.5 Å². The molecule has 0 saturated carbocycles. The first-order valence-electron chi connectivity index (χ1n) is 5.85. The molecule has 1 N–H and O–H groups in total. The Balaban J connectivity index is 2.01. The van der Waals surface area contributed by atoms with Crippen LogP contribution in [0.25, 0.3) is 0 Å². The van der Waals surface area contributed by atoms with Gasteiger partial charge in [-0.2, -0.15) is 5.10 Å². The molecule has 0 radical (unpaired) electrons. The van der Waals surface area contributed by atoms with E-state index in [1.807, 2.05) is 19.2 Å². The molecule has 2 rings (SSSR count). The van der Waals surface area contributed by atoms with Crippen molar-refractivity contribution in [2.45, 2.75) is 20.0 Å². The number of nitrogens with zero attached hydrogens (tertiary/aromatic N) is 2. The molecule has 0 fully saturated rings. The summed E-state index contributed by atoms with van der Waals surface area (Å²) in [5.74, 6) is -0.243. The van der Waals surface area contributed by atoms with Crippen molar-refractivity contribution in [1.82, 2.24) is 15.1 Å². The largest absolute Gasteiger partial charge is 0.346 e. The number of rotatable bonds is 4. The number of carbonyl (C=O) groups excluding carboxylic acids is 1. The highest BCUT2D eigenvalue weighted by Gasteiger charge is 2.10. The SMILES string of the molecule is CCn1ccc(CNC(=O)c2ccc(Cl)cc2Cl)n1. The Morgan fingerprint density at radius 1 is 1.37 bits per heavy atom. The van der Waals surface area contributed by atoms with Gasteiger partial charge in [0.15, 0.2) is 0 Å². The van der Waals surface area contributed by atoms with Gasteiger partial charge in [0.1, 0.15) is 0 Å². The van der Waals surface area contributed by atoms with Crippen LogP contribution >= 0.6 is 23.2 Å². The van der Waals surface area contributed by atoms with Gasteiger partial charge in [0, 0.05) is 17.8 Å². The maximum absolute atomic E-state index is 12.0. The maximum Gasteiger partial charge on any atom is 0.253 e. The third-order valence-electron chi connectivity index (χ3n) is 2.63. The summed E-state index contributed by atoms with van der Waals surface area (Å²) in [4.78, 5) is 12.0. The van der Waals surface area contributed by atoms with Gasteiger partial charge in [0.05, 0.1) is 22.8 Å². The van der Waals surface area contributed by atoms with E-state index in [4.69, 9.17) is 23.2 Å². The van der Waals surface area contributed by atoms with Crippen molar-refractivity contribution in [3.63, 3.8) is 0 Å². The molecule has 100 valence electrons. The Labute approximate surface area is 121 Å². The van der Waals surface area contributed by atoms with Crippen molar-refractivity contribution < 1.29 is 4.79 Å². The van der Waals surface area contributed by atoms with Gasteiger partial charge < -0.3 is 5.32 Å². The lowest BCUT2D eigenvalue weighted by atomic mass is 10.2. The average molecular weight is 298 g/mol. The smallest absolute Gasteiger partial charge is 0.253 e. The highest BCUT2D eigenvalue weighted by atomic mass is 35.5. The van der Waals surface area contributed by atoms with Gasteiger partial charge in [0.2, 0.25) is 0 Å². The third-order valence-corrected chi connectivity index (χ3v) is 3.17. The van der Waals surface area contributed by atoms with Crippen LogP contribution in [0.5, 0.6) is 0 Å². The van der Waals surface area contributed by atoms with Crippen LogP contribution in [-0.4, -0.2) is 15.7 Å². The third kappa shape index (κ3) is 3.49. The second-order valence-electron chi connectivity index (χ2n) is 3.97. The fraction of sp³-hybridized carbons (Fsp3) is 0.231. The Bertz CT molecular complexity index is 595. The zero-order valence-electron chi connectivity index (χ0n) is 10.4. The minimum atomic E-state index is -0.243. The molecule has 4 nitrogen and oxygen atoms in total. The topological polar surface area (TPSA) is 46.9 Å². The molecule has 0 aliphatic carbocycles. The lowest BCUT2D eigenvalue weighted by molar-refractivity contribution is 0.0950. The molecule has 0 atom stereocenters. The van der Waals surface area contributed by atoms with E-state index in [1.54, 1.807) is 22.9 Å². The Morgan fingerprint density at radius 2 is 2.16 bits per heavy atom. The number of carbonyl (C=O) groups is 1. The molecule has 19 heavy (non-hydrogen) atoms. The molecule has 1 heterocycles. The molecule has 2 aromatic rings. The highest BCUT2D eigenvalue weighted by molar-refractivity contribution is 6.36. The molecule has 1 aromatic carbocycles. The number of amides is 1. The van der Waals surface area contributed by atoms with Crippen molar-refractivity contribution >= 4 is 29.1 Å². The molecule has 6 heteroatoms. The van der Waals surface area contributed by atoms with Crippen molar-refractivity contribution in [1.29, 1.82) is 0 Å². The summed E-state index contributed by atoms with van der Waals surface area (Å²) >= 11 is 11.8. The van der Waals surface area contributed by atoms with Crippen LogP contribution in [0.4, 0.5) is 0 Å². The summed E-state index contributed by atoms with van der Waals surface area (Å²) in [6.07, 6.45) is 1.87. The second-order valence-corrected chi connectivity index (χ2v) is 4.81. The fourth-order valence-electron chi connectivity index (χ4n) is 1.61. The first kappa shape index (κ1) is 13.9. The van der Waals surface area contributed by atoms with Crippen molar-refractivity contribution in [3.8, 4) is 0 Å². The van der Waals surface area contributed by atoms with Gasteiger partial charge >= 0.3 is 0 Å². The molecule has 0 aliphatic rings. The molecule has 0 saturated heterocycles. The highest BCUT2D eigenvalue weighted by Crippen LogP contribution is 2.20. The van der Waals surface area contributed by atoms with Crippen LogP contribution in [-0.2, 0) is 13.1 Å². The van der Waals surface area contributed by atoms with E-state index in [2.05, 4.69) is 10.4 Å². The van der Waals surface area contributed by atoms with Gasteiger partial charge in [-0.3, -0.25) is 9.48 Å². The first-order valence-corrected chi connectivity index (χ1v) is 6.61. The lowest BCUT2D eigenvalue weighted by Gasteiger charge is -2.05. The molecule has 0 spiro atoms. The standard InChI is InChI=1S/C13H13Cl2N3O/c1-2-18-6-5-10(17-18)8-16-13(19)11-4-3-9(14)7-12(11)15/h3-7H,2,8H2,1H3,(H,16,19). The van der Waals surface area contributed by atoms with E-state index < -0.39 is 0 Å². The zero-order chi connectivity index (χ0) is 13.8. The van der Waals surface area contributed by atoms with E-state index in [-0.39, 0.29) is 5.91 Å². The number of hydrogen-bond acceptors (Lipinski definition) is 2. The zero-order valence-corrected chi connectivity index (χ0v) is 11.9. The Kier molecular flexibility index (Phi) is 4.45. The molecule has 1 amide bonds. The van der Waals surface area contributed by atoms with Crippen LogP contribution in [0, 0.1) is 0 Å². The summed E-state index contributed by atoms with van der Waals surface area (Å²) in [5.41, 5.74) is 1.21. The van der Waals surface area contributed by atoms with Crippen molar-refractivity contribution in [2.75, 3.05) is 0 Å². The first-order chi connectivity index (χ1) is 9.10. The quantitative estimate of drug-likeness (QED) is 0.942. The van der Waals surface area contributed by atoms with E-state index in [1.165, 1.54) is 0 Å². The predicted octanol–water partition coefficient (Wildman–Crippen LogP) is 3.14. The van der Waals surface area contributed by atoms with Gasteiger partial charge in [-0.15, -0.1) is 0 Å². The lowest BCUT2D eigenvalue weighted by Crippen LogP contribution is -2.23. The summed E-state index contributed by atoms with van der Waals surface area (Å²) in [7, 11) is 0. The van der Waals surface area contributed by atoms with Crippen LogP contribution in [0.2, 0.25) is 10.0 Å². The van der Waals surface area contributed by atoms with E-state index >= 15 is 0 Å². The van der Waals surface area contributed by atoms with Crippen LogP contribution < -0.4 is 5.32 Å². The molecular formula is C13H13Cl2N3O. The number of hydrogen-bond donors (Lipinski definition) is 1. The number of nitrogens with one attached hydrogen (secondary N) is 1. The van der Waals surface area contributed by atoms with Crippen molar-refractivity contribution in [2.24, 2.45) is 0 Å². The minimum Gasteiger partial charge on any atom is -0.346 e. The summed E-state index contributed by atoms with van der Waals surface area (Å²) in [6, 6.07) is 6.65. The van der Waals surface area contributed by atoms with Crippen LogP contribution in [0.3, 0.4) is 0 Å². The summed E-state index contributed by atoms with van der Waals surface area (Å²) < 4.78 is 1.80. The number of halogens is 2. The predicted molar refractivity (Wildman–Crippen MR) is 75.5 cm³/mol. The maximum atomic E-state index is 12.0. The molecule has 1 aromatic heterocycles. The minimum absolute atomic E-state index is 0.243. The van der Waals surface area contributed by atoms with E-state index in [9.17, 15) is 4.79 Å². The monoisotopic (exact) mass is 297 g/mol. The molecule has 0 bridgehead atoms. The fourth-order valence-corrected chi connectivity index (χ4v) is 2.11. The molecule has 0 unspecified atom stereocenters. The number of aryl methyl sites for hydroxylation is 1. The Hall–Kier alpha value is -1.52. The molecule has 0 aliphatic heterocycles. The van der Waals surface area contributed by atoms with E-state index in [0.29, 0.717) is 22.2 Å². The van der Waals surface area contributed by atoms with Crippen molar-refractivity contribution in [3.05, 3.63) is 51.8 Å². The van der Waals surface area contributed by atoms with E-state index in [0.717, 1.165) is 12.2 Å². The number of benzene rings is 1. The molecular weight excluding hydrogens is 285 g/mol. The van der Waals surface area contributed by atoms with Crippen LogP contribution in [0.1, 0.15) is 23.0 Å². The van der Waals surface area contributed by atoms with Gasteiger partial charge in [-0.1, -0.05) is 23.2 Å². The summed E-state index contributed by atoms with van der Waals surface area (Å²) in [6.45, 7) is 3.17.